The fourth-order valence-corrected chi connectivity index (χ4v) is 2.19. The SMILES string of the molecule is CC(CN)C(=O)NCc1ccc(N2CCCC2=O)cc1. The second kappa shape index (κ2) is 6.52. The van der Waals surface area contributed by atoms with Crippen LogP contribution in [0.4, 0.5) is 5.69 Å². The first-order valence-corrected chi connectivity index (χ1v) is 6.99. The first kappa shape index (κ1) is 14.5. The number of carbonyl (C=O) groups is 2. The van der Waals surface area contributed by atoms with Gasteiger partial charge in [0.25, 0.3) is 0 Å². The van der Waals surface area contributed by atoms with Gasteiger partial charge in [0.1, 0.15) is 0 Å². The lowest BCUT2D eigenvalue weighted by Crippen LogP contribution is -2.32. The summed E-state index contributed by atoms with van der Waals surface area (Å²) in [7, 11) is 0. The van der Waals surface area contributed by atoms with Crippen molar-refractivity contribution in [2.75, 3.05) is 18.0 Å². The maximum absolute atomic E-state index is 11.6. The molecular weight excluding hydrogens is 254 g/mol. The highest BCUT2D eigenvalue weighted by molar-refractivity contribution is 5.95. The summed E-state index contributed by atoms with van der Waals surface area (Å²) < 4.78 is 0. The average Bonchev–Trinajstić information content (AvgIpc) is 2.90. The average molecular weight is 275 g/mol. The Labute approximate surface area is 119 Å². The highest BCUT2D eigenvalue weighted by atomic mass is 16.2. The molecule has 5 nitrogen and oxygen atoms in total. The molecule has 3 N–H and O–H groups in total. The van der Waals surface area contributed by atoms with Crippen LogP contribution >= 0.6 is 0 Å². The smallest absolute Gasteiger partial charge is 0.227 e. The molecule has 0 bridgehead atoms. The summed E-state index contributed by atoms with van der Waals surface area (Å²) >= 11 is 0. The molecule has 0 aromatic heterocycles. The van der Waals surface area contributed by atoms with Crippen molar-refractivity contribution >= 4 is 17.5 Å². The van der Waals surface area contributed by atoms with E-state index in [1.54, 1.807) is 11.8 Å². The largest absolute Gasteiger partial charge is 0.352 e. The van der Waals surface area contributed by atoms with Crippen LogP contribution in [0.2, 0.25) is 0 Å². The number of nitrogens with two attached hydrogens (primary N) is 1. The molecule has 0 saturated carbocycles. The summed E-state index contributed by atoms with van der Waals surface area (Å²) in [6.07, 6.45) is 1.56. The van der Waals surface area contributed by atoms with E-state index < -0.39 is 0 Å². The molecule has 1 aliphatic heterocycles. The Morgan fingerprint density at radius 3 is 2.65 bits per heavy atom. The minimum atomic E-state index is -0.170. The molecule has 1 heterocycles. The zero-order valence-electron chi connectivity index (χ0n) is 11.8. The molecule has 108 valence electrons. The van der Waals surface area contributed by atoms with Crippen LogP contribution < -0.4 is 16.0 Å². The summed E-state index contributed by atoms with van der Waals surface area (Å²) in [5, 5.41) is 2.85. The number of benzene rings is 1. The minimum Gasteiger partial charge on any atom is -0.352 e. The van der Waals surface area contributed by atoms with Crippen LogP contribution in [0.25, 0.3) is 0 Å². The van der Waals surface area contributed by atoms with Crippen molar-refractivity contribution in [3.05, 3.63) is 29.8 Å². The minimum absolute atomic E-state index is 0.0358. The van der Waals surface area contributed by atoms with Gasteiger partial charge in [-0.05, 0) is 24.1 Å². The van der Waals surface area contributed by atoms with E-state index in [4.69, 9.17) is 5.73 Å². The summed E-state index contributed by atoms with van der Waals surface area (Å²) in [5.74, 6) is -0.0226. The zero-order valence-corrected chi connectivity index (χ0v) is 11.8. The van der Waals surface area contributed by atoms with Gasteiger partial charge in [0.15, 0.2) is 0 Å². The van der Waals surface area contributed by atoms with Crippen molar-refractivity contribution < 1.29 is 9.59 Å². The first-order chi connectivity index (χ1) is 9.61. The Morgan fingerprint density at radius 1 is 1.40 bits per heavy atom. The number of nitrogens with zero attached hydrogens (tertiary/aromatic N) is 1. The van der Waals surface area contributed by atoms with Crippen molar-refractivity contribution in [1.82, 2.24) is 5.32 Å². The van der Waals surface area contributed by atoms with E-state index in [1.807, 2.05) is 24.3 Å². The molecule has 1 aromatic rings. The quantitative estimate of drug-likeness (QED) is 0.842. The lowest BCUT2D eigenvalue weighted by atomic mass is 10.1. The van der Waals surface area contributed by atoms with Crippen LogP contribution in [-0.4, -0.2) is 24.9 Å². The summed E-state index contributed by atoms with van der Waals surface area (Å²) in [6.45, 7) is 3.43. The molecule has 1 atom stereocenters. The molecular formula is C15H21N3O2. The highest BCUT2D eigenvalue weighted by Crippen LogP contribution is 2.21. The molecule has 2 rings (SSSR count). The predicted molar refractivity (Wildman–Crippen MR) is 78.1 cm³/mol. The van der Waals surface area contributed by atoms with E-state index in [0.29, 0.717) is 19.5 Å². The first-order valence-electron chi connectivity index (χ1n) is 6.99. The van der Waals surface area contributed by atoms with Gasteiger partial charge in [-0.2, -0.15) is 0 Å². The number of anilines is 1. The summed E-state index contributed by atoms with van der Waals surface area (Å²) in [4.78, 5) is 25.1. The van der Waals surface area contributed by atoms with E-state index in [2.05, 4.69) is 5.32 Å². The Morgan fingerprint density at radius 2 is 2.10 bits per heavy atom. The summed E-state index contributed by atoms with van der Waals surface area (Å²) in [6, 6.07) is 7.73. The van der Waals surface area contributed by atoms with Gasteiger partial charge < -0.3 is 16.0 Å². The summed E-state index contributed by atoms with van der Waals surface area (Å²) in [5.41, 5.74) is 7.39. The second-order valence-corrected chi connectivity index (χ2v) is 5.17. The molecule has 5 heteroatoms. The molecule has 1 aliphatic rings. The Bertz CT molecular complexity index is 484. The molecule has 1 unspecified atom stereocenters. The maximum Gasteiger partial charge on any atom is 0.227 e. The molecule has 1 saturated heterocycles. The van der Waals surface area contributed by atoms with Gasteiger partial charge in [0, 0.05) is 37.7 Å². The standard InChI is InChI=1S/C15H21N3O2/c1-11(9-16)15(20)17-10-12-4-6-13(7-5-12)18-8-2-3-14(18)19/h4-7,11H,2-3,8-10,16H2,1H3,(H,17,20). The van der Waals surface area contributed by atoms with Gasteiger partial charge in [0.2, 0.25) is 11.8 Å². The Balaban J connectivity index is 1.92. The van der Waals surface area contributed by atoms with Crippen molar-refractivity contribution in [1.29, 1.82) is 0 Å². The van der Waals surface area contributed by atoms with E-state index in [9.17, 15) is 9.59 Å². The Kier molecular flexibility index (Phi) is 4.74. The molecule has 0 aliphatic carbocycles. The second-order valence-electron chi connectivity index (χ2n) is 5.17. The van der Waals surface area contributed by atoms with Gasteiger partial charge in [-0.3, -0.25) is 9.59 Å². The van der Waals surface area contributed by atoms with Crippen LogP contribution in [-0.2, 0) is 16.1 Å². The van der Waals surface area contributed by atoms with Crippen molar-refractivity contribution in [2.24, 2.45) is 11.7 Å². The van der Waals surface area contributed by atoms with Crippen LogP contribution in [0.1, 0.15) is 25.3 Å². The number of hydrogen-bond acceptors (Lipinski definition) is 3. The molecule has 20 heavy (non-hydrogen) atoms. The Hall–Kier alpha value is -1.88. The van der Waals surface area contributed by atoms with Crippen molar-refractivity contribution in [3.8, 4) is 0 Å². The third-order valence-corrected chi connectivity index (χ3v) is 3.59. The van der Waals surface area contributed by atoms with Gasteiger partial charge >= 0.3 is 0 Å². The normalized spacial score (nSPS) is 16.3. The van der Waals surface area contributed by atoms with Crippen molar-refractivity contribution in [3.63, 3.8) is 0 Å². The van der Waals surface area contributed by atoms with Gasteiger partial charge in [-0.1, -0.05) is 19.1 Å². The lowest BCUT2D eigenvalue weighted by Gasteiger charge is -2.16. The van der Waals surface area contributed by atoms with E-state index in [0.717, 1.165) is 24.2 Å². The van der Waals surface area contributed by atoms with E-state index >= 15 is 0 Å². The molecule has 2 amide bonds. The number of carbonyl (C=O) groups excluding carboxylic acids is 2. The van der Waals surface area contributed by atoms with Gasteiger partial charge in [-0.15, -0.1) is 0 Å². The van der Waals surface area contributed by atoms with E-state index in [1.165, 1.54) is 0 Å². The van der Waals surface area contributed by atoms with Crippen LogP contribution in [0.3, 0.4) is 0 Å². The van der Waals surface area contributed by atoms with Gasteiger partial charge in [-0.25, -0.2) is 0 Å². The molecule has 1 aromatic carbocycles. The number of hydrogen-bond donors (Lipinski definition) is 2. The number of amides is 2. The van der Waals surface area contributed by atoms with Crippen LogP contribution in [0.5, 0.6) is 0 Å². The fraction of sp³-hybridized carbons (Fsp3) is 0.467. The van der Waals surface area contributed by atoms with Gasteiger partial charge in [0.05, 0.1) is 0 Å². The monoisotopic (exact) mass is 275 g/mol. The predicted octanol–water partition coefficient (Wildman–Crippen LogP) is 1.02. The third kappa shape index (κ3) is 3.36. The highest BCUT2D eigenvalue weighted by Gasteiger charge is 2.21. The number of rotatable bonds is 5. The molecule has 0 radical (unpaired) electrons. The van der Waals surface area contributed by atoms with Crippen LogP contribution in [0, 0.1) is 5.92 Å². The maximum atomic E-state index is 11.6. The number of nitrogens with one attached hydrogen (secondary N) is 1. The molecule has 1 fully saturated rings. The van der Waals surface area contributed by atoms with Crippen molar-refractivity contribution in [2.45, 2.75) is 26.3 Å². The third-order valence-electron chi connectivity index (χ3n) is 3.59. The van der Waals surface area contributed by atoms with E-state index in [-0.39, 0.29) is 17.7 Å². The topological polar surface area (TPSA) is 75.4 Å². The zero-order chi connectivity index (χ0) is 14.5. The van der Waals surface area contributed by atoms with Crippen LogP contribution in [0.15, 0.2) is 24.3 Å². The molecule has 0 spiro atoms. The lowest BCUT2D eigenvalue weighted by molar-refractivity contribution is -0.124. The fourth-order valence-electron chi connectivity index (χ4n) is 2.19.